The van der Waals surface area contributed by atoms with Crippen molar-refractivity contribution in [2.45, 2.75) is 38.9 Å². The van der Waals surface area contributed by atoms with Crippen LogP contribution in [0.4, 0.5) is 13.2 Å². The number of nitrogens with zero attached hydrogens (tertiary/aromatic N) is 1. The lowest BCUT2D eigenvalue weighted by molar-refractivity contribution is -0.192. The number of rotatable bonds is 3. The number of hydrogen-bond acceptors (Lipinski definition) is 4. The zero-order valence-corrected chi connectivity index (χ0v) is 11.5. The van der Waals surface area contributed by atoms with Gasteiger partial charge in [-0.15, -0.1) is 0 Å². The maximum Gasteiger partial charge on any atom is 0.490 e. The number of aliphatic carboxylic acids is 1. The number of nitrogens with one attached hydrogen (secondary N) is 1. The fourth-order valence-corrected chi connectivity index (χ4v) is 1.83. The fraction of sp³-hybridized carbons (Fsp3) is 0.727. The standard InChI is InChI=1S/C9H16N2O3.C2HF3O2/c1-6(2)8(9(13)10-14)11-5-3-4-7(11)12;3-2(4,5)1(6)7/h6,8,14H,3-5H2,1-2H3,(H,10,13);(H,6,7). The van der Waals surface area contributed by atoms with Crippen molar-refractivity contribution < 1.29 is 37.9 Å². The van der Waals surface area contributed by atoms with Crippen molar-refractivity contribution in [3.8, 4) is 0 Å². The Kier molecular flexibility index (Phi) is 7.13. The minimum atomic E-state index is -5.08. The number of hydrogen-bond donors (Lipinski definition) is 3. The monoisotopic (exact) mass is 314 g/mol. The molecule has 1 aliphatic heterocycles. The van der Waals surface area contributed by atoms with E-state index in [4.69, 9.17) is 15.1 Å². The third kappa shape index (κ3) is 5.98. The van der Waals surface area contributed by atoms with Gasteiger partial charge >= 0.3 is 12.1 Å². The van der Waals surface area contributed by atoms with E-state index in [1.54, 1.807) is 5.48 Å². The highest BCUT2D eigenvalue weighted by Gasteiger charge is 2.38. The van der Waals surface area contributed by atoms with E-state index in [2.05, 4.69) is 0 Å². The summed E-state index contributed by atoms with van der Waals surface area (Å²) in [4.78, 5) is 33.2. The number of amides is 2. The van der Waals surface area contributed by atoms with Crippen LogP contribution in [0.5, 0.6) is 0 Å². The Bertz CT molecular complexity index is 398. The van der Waals surface area contributed by atoms with Crippen molar-refractivity contribution in [1.82, 2.24) is 10.4 Å². The lowest BCUT2D eigenvalue weighted by Gasteiger charge is -2.28. The molecule has 0 aromatic carbocycles. The molecule has 2 amide bonds. The van der Waals surface area contributed by atoms with Crippen LogP contribution in [-0.4, -0.2) is 51.8 Å². The lowest BCUT2D eigenvalue weighted by atomic mass is 10.0. The van der Waals surface area contributed by atoms with Crippen LogP contribution in [0.15, 0.2) is 0 Å². The smallest absolute Gasteiger partial charge is 0.475 e. The number of carboxylic acid groups (broad SMARTS) is 1. The van der Waals surface area contributed by atoms with Crippen molar-refractivity contribution in [3.63, 3.8) is 0 Å². The van der Waals surface area contributed by atoms with Crippen LogP contribution in [-0.2, 0) is 14.4 Å². The van der Waals surface area contributed by atoms with Crippen LogP contribution in [0.25, 0.3) is 0 Å². The molecule has 1 atom stereocenters. The van der Waals surface area contributed by atoms with E-state index in [1.807, 2.05) is 13.8 Å². The van der Waals surface area contributed by atoms with Crippen molar-refractivity contribution >= 4 is 17.8 Å². The molecule has 1 saturated heterocycles. The molecule has 10 heteroatoms. The second-order valence-corrected chi connectivity index (χ2v) is 4.66. The van der Waals surface area contributed by atoms with Gasteiger partial charge in [0.2, 0.25) is 5.91 Å². The van der Waals surface area contributed by atoms with Gasteiger partial charge in [0.15, 0.2) is 0 Å². The number of likely N-dealkylation sites (tertiary alicyclic amines) is 1. The average Bonchev–Trinajstić information content (AvgIpc) is 2.75. The molecule has 0 saturated carbocycles. The first-order valence-electron chi connectivity index (χ1n) is 6.05. The fourth-order valence-electron chi connectivity index (χ4n) is 1.83. The predicted octanol–water partition coefficient (Wildman–Crippen LogP) is 0.772. The van der Waals surface area contributed by atoms with Crippen LogP contribution in [0.3, 0.4) is 0 Å². The van der Waals surface area contributed by atoms with E-state index in [0.717, 1.165) is 6.42 Å². The number of carbonyl (C=O) groups excluding carboxylic acids is 2. The maximum absolute atomic E-state index is 11.4. The van der Waals surface area contributed by atoms with Crippen molar-refractivity contribution in [3.05, 3.63) is 0 Å². The molecular formula is C11H17F3N2O5. The number of alkyl halides is 3. The highest BCUT2D eigenvalue weighted by molar-refractivity contribution is 5.88. The SMILES string of the molecule is CC(C)C(C(=O)NO)N1CCCC1=O.O=C(O)C(F)(F)F. The Balaban J connectivity index is 0.000000486. The zero-order valence-electron chi connectivity index (χ0n) is 11.5. The first-order chi connectivity index (χ1) is 9.52. The molecule has 1 heterocycles. The summed E-state index contributed by atoms with van der Waals surface area (Å²) in [6, 6.07) is -0.546. The molecule has 0 aliphatic carbocycles. The summed E-state index contributed by atoms with van der Waals surface area (Å²) in [6.07, 6.45) is -3.79. The molecular weight excluding hydrogens is 297 g/mol. The minimum Gasteiger partial charge on any atom is -0.475 e. The summed E-state index contributed by atoms with van der Waals surface area (Å²) in [5.74, 6) is -3.26. The van der Waals surface area contributed by atoms with Gasteiger partial charge in [0.1, 0.15) is 6.04 Å². The van der Waals surface area contributed by atoms with E-state index in [9.17, 15) is 22.8 Å². The molecule has 1 aliphatic rings. The third-order valence-corrected chi connectivity index (χ3v) is 2.70. The summed E-state index contributed by atoms with van der Waals surface area (Å²) in [7, 11) is 0. The first-order valence-corrected chi connectivity index (χ1v) is 6.05. The first kappa shape index (κ1) is 19.2. The summed E-state index contributed by atoms with van der Waals surface area (Å²) in [6.45, 7) is 4.31. The normalized spacial score (nSPS) is 16.3. The van der Waals surface area contributed by atoms with Gasteiger partial charge in [0, 0.05) is 13.0 Å². The second kappa shape index (κ2) is 7.81. The van der Waals surface area contributed by atoms with Crippen molar-refractivity contribution in [1.29, 1.82) is 0 Å². The van der Waals surface area contributed by atoms with Gasteiger partial charge in [-0.3, -0.25) is 14.8 Å². The highest BCUT2D eigenvalue weighted by atomic mass is 19.4. The average molecular weight is 314 g/mol. The molecule has 122 valence electrons. The van der Waals surface area contributed by atoms with Gasteiger partial charge in [0.25, 0.3) is 5.91 Å². The quantitative estimate of drug-likeness (QED) is 0.527. The number of carbonyl (C=O) groups is 3. The Labute approximate surface area is 118 Å². The third-order valence-electron chi connectivity index (χ3n) is 2.70. The summed E-state index contributed by atoms with van der Waals surface area (Å²) < 4.78 is 31.7. The van der Waals surface area contributed by atoms with E-state index in [0.29, 0.717) is 13.0 Å². The Hall–Kier alpha value is -1.84. The van der Waals surface area contributed by atoms with Gasteiger partial charge in [0.05, 0.1) is 0 Å². The summed E-state index contributed by atoms with van der Waals surface area (Å²) in [5, 5.41) is 15.7. The Morgan fingerprint density at radius 2 is 1.81 bits per heavy atom. The molecule has 1 rings (SSSR count). The molecule has 0 bridgehead atoms. The lowest BCUT2D eigenvalue weighted by Crippen LogP contribution is -2.49. The molecule has 0 radical (unpaired) electrons. The van der Waals surface area contributed by atoms with Crippen LogP contribution in [0.1, 0.15) is 26.7 Å². The van der Waals surface area contributed by atoms with Crippen LogP contribution >= 0.6 is 0 Å². The molecule has 7 nitrogen and oxygen atoms in total. The largest absolute Gasteiger partial charge is 0.490 e. The van der Waals surface area contributed by atoms with Gasteiger partial charge in [-0.25, -0.2) is 10.3 Å². The molecule has 0 aromatic rings. The summed E-state index contributed by atoms with van der Waals surface area (Å²) in [5.41, 5.74) is 1.61. The molecule has 1 fully saturated rings. The van der Waals surface area contributed by atoms with Crippen LogP contribution in [0.2, 0.25) is 0 Å². The van der Waals surface area contributed by atoms with E-state index < -0.39 is 24.1 Å². The van der Waals surface area contributed by atoms with E-state index >= 15 is 0 Å². The molecule has 1 unspecified atom stereocenters. The number of carboxylic acids is 1. The van der Waals surface area contributed by atoms with Crippen LogP contribution < -0.4 is 5.48 Å². The van der Waals surface area contributed by atoms with Gasteiger partial charge in [-0.1, -0.05) is 13.8 Å². The number of halogens is 3. The molecule has 3 N–H and O–H groups in total. The van der Waals surface area contributed by atoms with Gasteiger partial charge in [-0.2, -0.15) is 13.2 Å². The zero-order chi connectivity index (χ0) is 16.8. The molecule has 0 spiro atoms. The molecule has 0 aromatic heterocycles. The van der Waals surface area contributed by atoms with Gasteiger partial charge < -0.3 is 10.0 Å². The number of hydroxylamine groups is 1. The van der Waals surface area contributed by atoms with Crippen molar-refractivity contribution in [2.24, 2.45) is 5.92 Å². The summed E-state index contributed by atoms with van der Waals surface area (Å²) >= 11 is 0. The predicted molar refractivity (Wildman–Crippen MR) is 63.2 cm³/mol. The second-order valence-electron chi connectivity index (χ2n) is 4.66. The molecule has 21 heavy (non-hydrogen) atoms. The van der Waals surface area contributed by atoms with Crippen LogP contribution in [0, 0.1) is 5.92 Å². The topological polar surface area (TPSA) is 107 Å². The maximum atomic E-state index is 11.4. The van der Waals surface area contributed by atoms with E-state index in [-0.39, 0.29) is 11.8 Å². The van der Waals surface area contributed by atoms with Crippen molar-refractivity contribution in [2.75, 3.05) is 6.54 Å². The van der Waals surface area contributed by atoms with E-state index in [1.165, 1.54) is 4.90 Å². The Morgan fingerprint density at radius 1 is 1.33 bits per heavy atom. The minimum absolute atomic E-state index is 0.00389. The Morgan fingerprint density at radius 3 is 2.05 bits per heavy atom. The highest BCUT2D eigenvalue weighted by Crippen LogP contribution is 2.19. The van der Waals surface area contributed by atoms with Gasteiger partial charge in [-0.05, 0) is 12.3 Å².